The van der Waals surface area contributed by atoms with Crippen LogP contribution >= 0.6 is 0 Å². The number of halogens is 3. The SMILES string of the molecule is O=C1C=CC=C(C(F)(F)F)C1CO. The molecule has 1 N–H and O–H groups in total. The zero-order chi connectivity index (χ0) is 10.1. The maximum absolute atomic E-state index is 12.2. The second-order valence-electron chi connectivity index (χ2n) is 2.62. The third kappa shape index (κ3) is 1.98. The fourth-order valence-corrected chi connectivity index (χ4v) is 1.11. The number of hydrogen-bond donors (Lipinski definition) is 1. The van der Waals surface area contributed by atoms with Crippen molar-refractivity contribution in [3.05, 3.63) is 23.8 Å². The molecule has 0 aromatic carbocycles. The van der Waals surface area contributed by atoms with Gasteiger partial charge in [-0.25, -0.2) is 0 Å². The van der Waals surface area contributed by atoms with Gasteiger partial charge < -0.3 is 5.11 Å². The monoisotopic (exact) mass is 192 g/mol. The third-order valence-electron chi connectivity index (χ3n) is 1.77. The molecule has 5 heteroatoms. The van der Waals surface area contributed by atoms with Crippen LogP contribution in [0.1, 0.15) is 0 Å². The lowest BCUT2D eigenvalue weighted by molar-refractivity contribution is -0.127. The van der Waals surface area contributed by atoms with Crippen molar-refractivity contribution in [1.82, 2.24) is 0 Å². The van der Waals surface area contributed by atoms with E-state index in [-0.39, 0.29) is 0 Å². The van der Waals surface area contributed by atoms with Gasteiger partial charge in [-0.3, -0.25) is 4.79 Å². The zero-order valence-corrected chi connectivity index (χ0v) is 6.51. The second kappa shape index (κ2) is 3.33. The summed E-state index contributed by atoms with van der Waals surface area (Å²) in [6.07, 6.45) is -1.68. The Bertz CT molecular complexity index is 276. The van der Waals surface area contributed by atoms with E-state index in [9.17, 15) is 18.0 Å². The molecule has 0 radical (unpaired) electrons. The van der Waals surface area contributed by atoms with Gasteiger partial charge in [0.15, 0.2) is 5.78 Å². The lowest BCUT2D eigenvalue weighted by Gasteiger charge is -2.20. The van der Waals surface area contributed by atoms with E-state index in [0.717, 1.165) is 18.2 Å². The Balaban J connectivity index is 3.00. The number of alkyl halides is 3. The summed E-state index contributed by atoms with van der Waals surface area (Å²) in [7, 11) is 0. The predicted molar refractivity (Wildman–Crippen MR) is 38.9 cm³/mol. The molecule has 0 fully saturated rings. The molecule has 0 heterocycles. The normalized spacial score (nSPS) is 23.2. The first-order valence-electron chi connectivity index (χ1n) is 3.57. The Kier molecular flexibility index (Phi) is 2.56. The van der Waals surface area contributed by atoms with Crippen LogP contribution in [0.15, 0.2) is 23.8 Å². The van der Waals surface area contributed by atoms with Crippen molar-refractivity contribution in [1.29, 1.82) is 0 Å². The van der Waals surface area contributed by atoms with Crippen LogP contribution < -0.4 is 0 Å². The Labute approximate surface area is 72.4 Å². The molecule has 0 amide bonds. The van der Waals surface area contributed by atoms with Crippen LogP contribution in [-0.2, 0) is 4.79 Å². The van der Waals surface area contributed by atoms with Gasteiger partial charge in [0.2, 0.25) is 0 Å². The first-order chi connectivity index (χ1) is 5.96. The fourth-order valence-electron chi connectivity index (χ4n) is 1.11. The molecular weight excluding hydrogens is 185 g/mol. The summed E-state index contributed by atoms with van der Waals surface area (Å²) >= 11 is 0. The van der Waals surface area contributed by atoms with Gasteiger partial charge in [-0.2, -0.15) is 13.2 Å². The van der Waals surface area contributed by atoms with E-state index in [2.05, 4.69) is 0 Å². The zero-order valence-electron chi connectivity index (χ0n) is 6.51. The topological polar surface area (TPSA) is 37.3 Å². The molecule has 0 spiro atoms. The lowest BCUT2D eigenvalue weighted by atomic mass is 9.91. The van der Waals surface area contributed by atoms with Crippen LogP contribution in [0.25, 0.3) is 0 Å². The van der Waals surface area contributed by atoms with E-state index in [4.69, 9.17) is 5.11 Å². The Morgan fingerprint density at radius 1 is 1.46 bits per heavy atom. The van der Waals surface area contributed by atoms with E-state index in [1.807, 2.05) is 0 Å². The highest BCUT2D eigenvalue weighted by atomic mass is 19.4. The highest BCUT2D eigenvalue weighted by Gasteiger charge is 2.41. The van der Waals surface area contributed by atoms with Crippen molar-refractivity contribution in [2.24, 2.45) is 5.92 Å². The van der Waals surface area contributed by atoms with Crippen LogP contribution in [0.4, 0.5) is 13.2 Å². The number of ketones is 1. The highest BCUT2D eigenvalue weighted by Crippen LogP contribution is 2.33. The minimum Gasteiger partial charge on any atom is -0.395 e. The van der Waals surface area contributed by atoms with Crippen molar-refractivity contribution in [3.63, 3.8) is 0 Å². The van der Waals surface area contributed by atoms with Crippen molar-refractivity contribution in [3.8, 4) is 0 Å². The van der Waals surface area contributed by atoms with Crippen LogP contribution in [0.2, 0.25) is 0 Å². The number of rotatable bonds is 1. The molecule has 1 aliphatic carbocycles. The third-order valence-corrected chi connectivity index (χ3v) is 1.77. The van der Waals surface area contributed by atoms with Crippen molar-refractivity contribution < 1.29 is 23.1 Å². The Morgan fingerprint density at radius 3 is 2.46 bits per heavy atom. The summed E-state index contributed by atoms with van der Waals surface area (Å²) in [5.74, 6) is -2.16. The minimum absolute atomic E-state index is 0.711. The average Bonchev–Trinajstić information content (AvgIpc) is 2.02. The maximum Gasteiger partial charge on any atom is 0.413 e. The standard InChI is InChI=1S/C8H7F3O2/c9-8(10,11)6-2-1-3-7(13)5(6)4-12/h1-3,5,12H,4H2. The van der Waals surface area contributed by atoms with Gasteiger partial charge in [-0.15, -0.1) is 0 Å². The molecule has 2 nitrogen and oxygen atoms in total. The van der Waals surface area contributed by atoms with Crippen molar-refractivity contribution >= 4 is 5.78 Å². The highest BCUT2D eigenvalue weighted by molar-refractivity contribution is 5.95. The first-order valence-corrected chi connectivity index (χ1v) is 3.57. The van der Waals surface area contributed by atoms with Gasteiger partial charge in [0, 0.05) is 5.57 Å². The number of hydrogen-bond acceptors (Lipinski definition) is 2. The molecule has 0 saturated carbocycles. The number of carbonyl (C=O) groups is 1. The molecule has 13 heavy (non-hydrogen) atoms. The molecule has 72 valence electrons. The summed E-state index contributed by atoms with van der Waals surface area (Å²) in [6.45, 7) is -0.811. The second-order valence-corrected chi connectivity index (χ2v) is 2.62. The van der Waals surface area contributed by atoms with Gasteiger partial charge in [-0.1, -0.05) is 12.2 Å². The smallest absolute Gasteiger partial charge is 0.395 e. The van der Waals surface area contributed by atoms with E-state index in [1.165, 1.54) is 0 Å². The number of aliphatic hydroxyl groups is 1. The van der Waals surface area contributed by atoms with Gasteiger partial charge in [0.25, 0.3) is 0 Å². The van der Waals surface area contributed by atoms with Crippen LogP contribution in [-0.4, -0.2) is 23.7 Å². The fraction of sp³-hybridized carbons (Fsp3) is 0.375. The maximum atomic E-state index is 12.2. The molecule has 0 aromatic heterocycles. The molecule has 0 saturated heterocycles. The summed E-state index contributed by atoms with van der Waals surface area (Å²) in [6, 6.07) is 0. The quantitative estimate of drug-likeness (QED) is 0.678. The van der Waals surface area contributed by atoms with Crippen molar-refractivity contribution in [2.75, 3.05) is 6.61 Å². The lowest BCUT2D eigenvalue weighted by Crippen LogP contribution is -2.29. The molecule has 1 atom stereocenters. The Hall–Kier alpha value is -1.10. The van der Waals surface area contributed by atoms with Crippen LogP contribution in [0.3, 0.4) is 0 Å². The van der Waals surface area contributed by atoms with E-state index in [0.29, 0.717) is 0 Å². The van der Waals surface area contributed by atoms with Crippen molar-refractivity contribution in [2.45, 2.75) is 6.18 Å². The average molecular weight is 192 g/mol. The molecular formula is C8H7F3O2. The minimum atomic E-state index is -4.55. The van der Waals surface area contributed by atoms with Gasteiger partial charge >= 0.3 is 6.18 Å². The van der Waals surface area contributed by atoms with E-state index >= 15 is 0 Å². The predicted octanol–water partition coefficient (Wildman–Crippen LogP) is 1.22. The molecule has 1 rings (SSSR count). The summed E-state index contributed by atoms with van der Waals surface area (Å²) < 4.78 is 36.6. The Morgan fingerprint density at radius 2 is 2.08 bits per heavy atom. The number of allylic oxidation sites excluding steroid dienone is 3. The summed E-state index contributed by atoms with van der Waals surface area (Å²) in [4.78, 5) is 10.9. The molecule has 1 unspecified atom stereocenters. The molecule has 0 aliphatic heterocycles. The van der Waals surface area contributed by atoms with Gasteiger partial charge in [-0.05, 0) is 6.08 Å². The number of aliphatic hydroxyl groups excluding tert-OH is 1. The van der Waals surface area contributed by atoms with Crippen LogP contribution in [0.5, 0.6) is 0 Å². The molecule has 0 bridgehead atoms. The van der Waals surface area contributed by atoms with Gasteiger partial charge in [0.1, 0.15) is 0 Å². The number of carbonyl (C=O) groups excluding carboxylic acids is 1. The van der Waals surface area contributed by atoms with Crippen LogP contribution in [0, 0.1) is 5.92 Å². The summed E-state index contributed by atoms with van der Waals surface area (Å²) in [5.41, 5.74) is -0.984. The van der Waals surface area contributed by atoms with E-state index in [1.54, 1.807) is 0 Å². The van der Waals surface area contributed by atoms with Gasteiger partial charge in [0.05, 0.1) is 12.5 Å². The largest absolute Gasteiger partial charge is 0.413 e. The van der Waals surface area contributed by atoms with E-state index < -0.39 is 30.1 Å². The molecule has 1 aliphatic rings. The first kappa shape index (κ1) is 9.98. The summed E-state index contributed by atoms with van der Waals surface area (Å²) in [5, 5.41) is 8.60. The molecule has 0 aromatic rings.